The molecule has 1 aliphatic rings. The highest BCUT2D eigenvalue weighted by Gasteiger charge is 2.25. The van der Waals surface area contributed by atoms with Crippen molar-refractivity contribution in [3.05, 3.63) is 29.8 Å². The summed E-state index contributed by atoms with van der Waals surface area (Å²) >= 11 is 0. The van der Waals surface area contributed by atoms with E-state index in [4.69, 9.17) is 0 Å². The molecule has 1 aliphatic heterocycles. The lowest BCUT2D eigenvalue weighted by Gasteiger charge is -2.32. The molecule has 7 heteroatoms. The molecule has 0 radical (unpaired) electrons. The Morgan fingerprint density at radius 1 is 1.25 bits per heavy atom. The van der Waals surface area contributed by atoms with E-state index in [0.717, 1.165) is 19.4 Å². The Balaban J connectivity index is 2.10. The van der Waals surface area contributed by atoms with Crippen LogP contribution in [-0.2, 0) is 10.0 Å². The van der Waals surface area contributed by atoms with Crippen LogP contribution in [0.25, 0.3) is 0 Å². The number of benzene rings is 1. The molecule has 1 amide bonds. The van der Waals surface area contributed by atoms with Crippen molar-refractivity contribution in [1.82, 2.24) is 10.2 Å². The van der Waals surface area contributed by atoms with Crippen molar-refractivity contribution >= 4 is 21.6 Å². The Kier molecular flexibility index (Phi) is 6.62. The number of piperidine rings is 1. The highest BCUT2D eigenvalue weighted by Crippen LogP contribution is 2.23. The molecule has 1 fully saturated rings. The first kappa shape index (κ1) is 18.7. The number of likely N-dealkylation sites (tertiary alicyclic amines) is 1. The van der Waals surface area contributed by atoms with E-state index in [0.29, 0.717) is 36.7 Å². The van der Waals surface area contributed by atoms with Crippen LogP contribution in [0.3, 0.4) is 0 Å². The second kappa shape index (κ2) is 8.48. The standard InChI is InChI=1S/C17H27N3O3S/c1-3-12-24(22,23)19-16-7-5-4-6-15(16)17(21)20-10-8-14(9-11-20)13-18-2/h4-7,14,18-19H,3,8-13H2,1-2H3. The third-order valence-corrected chi connectivity index (χ3v) is 5.77. The first-order valence-electron chi connectivity index (χ1n) is 8.50. The Hall–Kier alpha value is -1.60. The van der Waals surface area contributed by atoms with Crippen LogP contribution in [0.1, 0.15) is 36.5 Å². The lowest BCUT2D eigenvalue weighted by molar-refractivity contribution is 0.0692. The second-order valence-electron chi connectivity index (χ2n) is 6.26. The molecule has 0 aromatic heterocycles. The molecule has 1 saturated heterocycles. The van der Waals surface area contributed by atoms with Gasteiger partial charge >= 0.3 is 0 Å². The SMILES string of the molecule is CCCS(=O)(=O)Nc1ccccc1C(=O)N1CCC(CNC)CC1. The van der Waals surface area contributed by atoms with Crippen LogP contribution in [0.4, 0.5) is 5.69 Å². The maximum Gasteiger partial charge on any atom is 0.255 e. The van der Waals surface area contributed by atoms with E-state index in [2.05, 4.69) is 10.0 Å². The first-order chi connectivity index (χ1) is 11.5. The quantitative estimate of drug-likeness (QED) is 0.785. The topological polar surface area (TPSA) is 78.5 Å². The van der Waals surface area contributed by atoms with Crippen molar-refractivity contribution in [2.45, 2.75) is 26.2 Å². The van der Waals surface area contributed by atoms with E-state index < -0.39 is 10.0 Å². The molecule has 2 N–H and O–H groups in total. The highest BCUT2D eigenvalue weighted by molar-refractivity contribution is 7.92. The summed E-state index contributed by atoms with van der Waals surface area (Å²) in [4.78, 5) is 14.6. The maximum atomic E-state index is 12.8. The van der Waals surface area contributed by atoms with Gasteiger partial charge in [-0.25, -0.2) is 8.42 Å². The molecule has 0 atom stereocenters. The van der Waals surface area contributed by atoms with Gasteiger partial charge in [-0.2, -0.15) is 0 Å². The van der Waals surface area contributed by atoms with Crippen LogP contribution in [0.5, 0.6) is 0 Å². The summed E-state index contributed by atoms with van der Waals surface area (Å²) in [6.45, 7) is 4.20. The van der Waals surface area contributed by atoms with Crippen molar-refractivity contribution in [2.75, 3.05) is 37.2 Å². The fraction of sp³-hybridized carbons (Fsp3) is 0.588. The molecule has 24 heavy (non-hydrogen) atoms. The highest BCUT2D eigenvalue weighted by atomic mass is 32.2. The van der Waals surface area contributed by atoms with Gasteiger partial charge in [0.25, 0.3) is 5.91 Å². The number of anilines is 1. The molecule has 0 spiro atoms. The minimum Gasteiger partial charge on any atom is -0.339 e. The Morgan fingerprint density at radius 3 is 2.54 bits per heavy atom. The van der Waals surface area contributed by atoms with E-state index in [1.165, 1.54) is 0 Å². The van der Waals surface area contributed by atoms with E-state index in [1.807, 2.05) is 18.9 Å². The number of nitrogens with one attached hydrogen (secondary N) is 2. The van der Waals surface area contributed by atoms with Crippen LogP contribution < -0.4 is 10.0 Å². The number of hydrogen-bond acceptors (Lipinski definition) is 4. The summed E-state index contributed by atoms with van der Waals surface area (Å²) in [5.74, 6) is 0.537. The van der Waals surface area contributed by atoms with Crippen LogP contribution >= 0.6 is 0 Å². The molecular weight excluding hydrogens is 326 g/mol. The van der Waals surface area contributed by atoms with Gasteiger partial charge in [-0.1, -0.05) is 19.1 Å². The second-order valence-corrected chi connectivity index (χ2v) is 8.10. The summed E-state index contributed by atoms with van der Waals surface area (Å²) < 4.78 is 26.6. The molecule has 6 nitrogen and oxygen atoms in total. The summed E-state index contributed by atoms with van der Waals surface area (Å²) in [6, 6.07) is 6.83. The van der Waals surface area contributed by atoms with Crippen LogP contribution in [-0.4, -0.2) is 51.7 Å². The van der Waals surface area contributed by atoms with E-state index in [1.54, 1.807) is 24.3 Å². The lowest BCUT2D eigenvalue weighted by Crippen LogP contribution is -2.40. The summed E-state index contributed by atoms with van der Waals surface area (Å²) in [7, 11) is -1.48. The average molecular weight is 353 g/mol. The molecule has 2 rings (SSSR count). The van der Waals surface area contributed by atoms with Gasteiger partial charge in [0, 0.05) is 13.1 Å². The maximum absolute atomic E-state index is 12.8. The van der Waals surface area contributed by atoms with Crippen LogP contribution in [0, 0.1) is 5.92 Å². The third-order valence-electron chi connectivity index (χ3n) is 4.29. The number of carbonyl (C=O) groups is 1. The molecule has 0 unspecified atom stereocenters. The Bertz CT molecular complexity index is 653. The minimum atomic E-state index is -3.42. The predicted octanol–water partition coefficient (Wildman–Crippen LogP) is 1.91. The van der Waals surface area contributed by atoms with Gasteiger partial charge in [-0.15, -0.1) is 0 Å². The van der Waals surface area contributed by atoms with Crippen LogP contribution in [0.15, 0.2) is 24.3 Å². The van der Waals surface area contributed by atoms with Gasteiger partial charge in [0.2, 0.25) is 10.0 Å². The van der Waals surface area contributed by atoms with Gasteiger partial charge in [-0.3, -0.25) is 9.52 Å². The van der Waals surface area contributed by atoms with Crippen molar-refractivity contribution < 1.29 is 13.2 Å². The average Bonchev–Trinajstić information content (AvgIpc) is 2.55. The number of sulfonamides is 1. The Labute approximate surface area is 144 Å². The zero-order chi connectivity index (χ0) is 17.6. The summed E-state index contributed by atoms with van der Waals surface area (Å²) in [5, 5.41) is 3.18. The minimum absolute atomic E-state index is 0.0466. The molecule has 0 bridgehead atoms. The number of nitrogens with zero attached hydrogens (tertiary/aromatic N) is 1. The summed E-state index contributed by atoms with van der Waals surface area (Å²) in [6.07, 6.45) is 2.47. The smallest absolute Gasteiger partial charge is 0.255 e. The van der Waals surface area contributed by atoms with Crippen LogP contribution in [0.2, 0.25) is 0 Å². The van der Waals surface area contributed by atoms with Gasteiger partial charge in [0.05, 0.1) is 17.0 Å². The molecule has 1 heterocycles. The van der Waals surface area contributed by atoms with E-state index in [9.17, 15) is 13.2 Å². The molecule has 1 aromatic rings. The molecule has 134 valence electrons. The van der Waals surface area contributed by atoms with Crippen molar-refractivity contribution in [1.29, 1.82) is 0 Å². The number of carbonyl (C=O) groups excluding carboxylic acids is 1. The normalized spacial score (nSPS) is 16.2. The zero-order valence-electron chi connectivity index (χ0n) is 14.4. The monoisotopic (exact) mass is 353 g/mol. The van der Waals surface area contributed by atoms with E-state index in [-0.39, 0.29) is 11.7 Å². The zero-order valence-corrected chi connectivity index (χ0v) is 15.2. The number of amides is 1. The fourth-order valence-electron chi connectivity index (χ4n) is 3.05. The van der Waals surface area contributed by atoms with Gasteiger partial charge in [0.15, 0.2) is 0 Å². The largest absolute Gasteiger partial charge is 0.339 e. The number of hydrogen-bond donors (Lipinski definition) is 2. The molecule has 0 aliphatic carbocycles. The molecule has 0 saturated carbocycles. The third kappa shape index (κ3) is 4.95. The van der Waals surface area contributed by atoms with Gasteiger partial charge < -0.3 is 10.2 Å². The number of rotatable bonds is 7. The summed E-state index contributed by atoms with van der Waals surface area (Å²) in [5.41, 5.74) is 0.789. The first-order valence-corrected chi connectivity index (χ1v) is 10.2. The molecular formula is C17H27N3O3S. The van der Waals surface area contributed by atoms with Crippen molar-refractivity contribution in [3.8, 4) is 0 Å². The van der Waals surface area contributed by atoms with Crippen molar-refractivity contribution in [3.63, 3.8) is 0 Å². The molecule has 1 aromatic carbocycles. The van der Waals surface area contributed by atoms with Gasteiger partial charge in [0.1, 0.15) is 0 Å². The number of para-hydroxylation sites is 1. The van der Waals surface area contributed by atoms with E-state index >= 15 is 0 Å². The van der Waals surface area contributed by atoms with Gasteiger partial charge in [-0.05, 0) is 50.9 Å². The van der Waals surface area contributed by atoms with Crippen molar-refractivity contribution in [2.24, 2.45) is 5.92 Å². The Morgan fingerprint density at radius 2 is 1.92 bits per heavy atom. The predicted molar refractivity (Wildman–Crippen MR) is 96.7 cm³/mol. The lowest BCUT2D eigenvalue weighted by atomic mass is 9.96. The fourth-order valence-corrected chi connectivity index (χ4v) is 4.20.